The van der Waals surface area contributed by atoms with Crippen LogP contribution < -0.4 is 5.32 Å². The van der Waals surface area contributed by atoms with Gasteiger partial charge < -0.3 is 15.0 Å². The van der Waals surface area contributed by atoms with Crippen molar-refractivity contribution in [1.82, 2.24) is 15.1 Å². The second kappa shape index (κ2) is 8.99. The van der Waals surface area contributed by atoms with Gasteiger partial charge >= 0.3 is 6.09 Å². The number of amides is 1. The van der Waals surface area contributed by atoms with Crippen LogP contribution in [-0.2, 0) is 11.3 Å². The Kier molecular flexibility index (Phi) is 6.44. The normalized spacial score (nSPS) is 17.2. The summed E-state index contributed by atoms with van der Waals surface area (Å²) in [5.41, 5.74) is 0.992. The molecule has 1 aliphatic rings. The lowest BCUT2D eigenvalue weighted by Gasteiger charge is -2.37. The second-order valence-electron chi connectivity index (χ2n) is 6.31. The number of thiophene rings is 1. The molecule has 2 heterocycles. The maximum Gasteiger partial charge on any atom is 0.407 e. The van der Waals surface area contributed by atoms with Gasteiger partial charge in [-0.15, -0.1) is 11.3 Å². The summed E-state index contributed by atoms with van der Waals surface area (Å²) in [5, 5.41) is 5.03. The van der Waals surface area contributed by atoms with E-state index in [2.05, 4.69) is 39.7 Å². The Morgan fingerprint density at radius 3 is 2.60 bits per heavy atom. The molecule has 1 unspecified atom stereocenters. The SMILES string of the molecule is CN1CCN(C(CNC(=O)OCc2ccccc2)c2cccs2)CC1. The van der Waals surface area contributed by atoms with Gasteiger partial charge in [0.1, 0.15) is 6.61 Å². The molecular formula is C19H25N3O2S. The molecule has 2 aromatic rings. The molecule has 1 aliphatic heterocycles. The average Bonchev–Trinajstić information content (AvgIpc) is 3.17. The van der Waals surface area contributed by atoms with Crippen LogP contribution in [0, 0.1) is 0 Å². The first kappa shape index (κ1) is 17.9. The van der Waals surface area contributed by atoms with E-state index >= 15 is 0 Å². The summed E-state index contributed by atoms with van der Waals surface area (Å²) >= 11 is 1.74. The number of piperazine rings is 1. The Hall–Kier alpha value is -1.89. The third-order valence-electron chi connectivity index (χ3n) is 4.50. The first-order chi connectivity index (χ1) is 12.2. The average molecular weight is 359 g/mol. The molecule has 3 rings (SSSR count). The number of alkyl carbamates (subject to hydrolysis) is 1. The summed E-state index contributed by atoms with van der Waals surface area (Å²) in [5.74, 6) is 0. The first-order valence-corrected chi connectivity index (χ1v) is 9.51. The summed E-state index contributed by atoms with van der Waals surface area (Å²) < 4.78 is 5.33. The fourth-order valence-electron chi connectivity index (χ4n) is 2.98. The van der Waals surface area contributed by atoms with Gasteiger partial charge in [-0.3, -0.25) is 4.90 Å². The Labute approximate surface area is 153 Å². The number of rotatable bonds is 6. The zero-order valence-electron chi connectivity index (χ0n) is 14.6. The highest BCUT2D eigenvalue weighted by Crippen LogP contribution is 2.25. The maximum absolute atomic E-state index is 12.1. The predicted molar refractivity (Wildman–Crippen MR) is 101 cm³/mol. The number of hydrogen-bond acceptors (Lipinski definition) is 5. The van der Waals surface area contributed by atoms with Gasteiger partial charge in [0.25, 0.3) is 0 Å². The number of carbonyl (C=O) groups excluding carboxylic acids is 1. The van der Waals surface area contributed by atoms with Crippen molar-refractivity contribution >= 4 is 17.4 Å². The van der Waals surface area contributed by atoms with Crippen LogP contribution in [0.15, 0.2) is 47.8 Å². The van der Waals surface area contributed by atoms with Crippen molar-refractivity contribution in [2.75, 3.05) is 39.8 Å². The number of nitrogens with one attached hydrogen (secondary N) is 1. The molecule has 1 fully saturated rings. The molecule has 0 saturated carbocycles. The van der Waals surface area contributed by atoms with Crippen molar-refractivity contribution in [3.8, 4) is 0 Å². The van der Waals surface area contributed by atoms with Crippen molar-refractivity contribution < 1.29 is 9.53 Å². The minimum atomic E-state index is -0.362. The summed E-state index contributed by atoms with van der Waals surface area (Å²) in [4.78, 5) is 18.1. The standard InChI is InChI=1S/C19H25N3O2S/c1-21-9-11-22(12-10-21)17(18-8-5-13-25-18)14-20-19(23)24-15-16-6-3-2-4-7-16/h2-8,13,17H,9-12,14-15H2,1H3,(H,20,23). The van der Waals surface area contributed by atoms with Gasteiger partial charge in [-0.2, -0.15) is 0 Å². The van der Waals surface area contributed by atoms with E-state index in [1.165, 1.54) is 4.88 Å². The largest absolute Gasteiger partial charge is 0.445 e. The highest BCUT2D eigenvalue weighted by molar-refractivity contribution is 7.10. The highest BCUT2D eigenvalue weighted by Gasteiger charge is 2.25. The van der Waals surface area contributed by atoms with Gasteiger partial charge in [-0.05, 0) is 24.1 Å². The molecule has 6 heteroatoms. The molecule has 1 amide bonds. The summed E-state index contributed by atoms with van der Waals surface area (Å²) in [7, 11) is 2.15. The number of likely N-dealkylation sites (N-methyl/N-ethyl adjacent to an activating group) is 1. The molecule has 25 heavy (non-hydrogen) atoms. The Morgan fingerprint density at radius 1 is 1.16 bits per heavy atom. The Morgan fingerprint density at radius 2 is 1.92 bits per heavy atom. The van der Waals surface area contributed by atoms with E-state index in [0.29, 0.717) is 13.2 Å². The molecule has 1 saturated heterocycles. The van der Waals surface area contributed by atoms with Crippen molar-refractivity contribution in [1.29, 1.82) is 0 Å². The molecular weight excluding hydrogens is 334 g/mol. The van der Waals surface area contributed by atoms with Crippen LogP contribution in [0.4, 0.5) is 4.79 Å². The molecule has 5 nitrogen and oxygen atoms in total. The van der Waals surface area contributed by atoms with Crippen LogP contribution in [-0.4, -0.2) is 55.7 Å². The fourth-order valence-corrected chi connectivity index (χ4v) is 3.84. The van der Waals surface area contributed by atoms with E-state index in [1.54, 1.807) is 11.3 Å². The second-order valence-corrected chi connectivity index (χ2v) is 7.29. The number of ether oxygens (including phenoxy) is 1. The molecule has 1 N–H and O–H groups in total. The first-order valence-electron chi connectivity index (χ1n) is 8.63. The minimum absolute atomic E-state index is 0.206. The Balaban J connectivity index is 1.52. The molecule has 1 aromatic carbocycles. The van der Waals surface area contributed by atoms with Crippen LogP contribution in [0.25, 0.3) is 0 Å². The van der Waals surface area contributed by atoms with E-state index < -0.39 is 0 Å². The number of hydrogen-bond donors (Lipinski definition) is 1. The molecule has 0 aliphatic carbocycles. The summed E-state index contributed by atoms with van der Waals surface area (Å²) in [6.07, 6.45) is -0.362. The minimum Gasteiger partial charge on any atom is -0.445 e. The fraction of sp³-hybridized carbons (Fsp3) is 0.421. The van der Waals surface area contributed by atoms with E-state index in [4.69, 9.17) is 4.74 Å². The maximum atomic E-state index is 12.1. The smallest absolute Gasteiger partial charge is 0.407 e. The Bertz CT molecular complexity index is 640. The number of benzene rings is 1. The van der Waals surface area contributed by atoms with E-state index in [9.17, 15) is 4.79 Å². The number of carbonyl (C=O) groups is 1. The van der Waals surface area contributed by atoms with Gasteiger partial charge in [0.2, 0.25) is 0 Å². The van der Waals surface area contributed by atoms with Gasteiger partial charge in [0, 0.05) is 37.6 Å². The van der Waals surface area contributed by atoms with Gasteiger partial charge in [0.05, 0.1) is 6.04 Å². The van der Waals surface area contributed by atoms with Crippen molar-refractivity contribution in [3.05, 3.63) is 58.3 Å². The van der Waals surface area contributed by atoms with Crippen LogP contribution in [0.3, 0.4) is 0 Å². The zero-order valence-corrected chi connectivity index (χ0v) is 15.4. The topological polar surface area (TPSA) is 44.8 Å². The van der Waals surface area contributed by atoms with Gasteiger partial charge in [-0.1, -0.05) is 36.4 Å². The molecule has 1 aromatic heterocycles. The van der Waals surface area contributed by atoms with Crippen molar-refractivity contribution in [2.45, 2.75) is 12.6 Å². The molecule has 0 radical (unpaired) electrons. The molecule has 0 bridgehead atoms. The van der Waals surface area contributed by atoms with E-state index in [0.717, 1.165) is 31.7 Å². The molecule has 1 atom stereocenters. The highest BCUT2D eigenvalue weighted by atomic mass is 32.1. The quantitative estimate of drug-likeness (QED) is 0.861. The van der Waals surface area contributed by atoms with Crippen molar-refractivity contribution in [3.63, 3.8) is 0 Å². The van der Waals surface area contributed by atoms with Crippen LogP contribution in [0.2, 0.25) is 0 Å². The van der Waals surface area contributed by atoms with Crippen molar-refractivity contribution in [2.24, 2.45) is 0 Å². The van der Waals surface area contributed by atoms with Gasteiger partial charge in [0.15, 0.2) is 0 Å². The lowest BCUT2D eigenvalue weighted by Crippen LogP contribution is -2.48. The third kappa shape index (κ3) is 5.29. The van der Waals surface area contributed by atoms with Crippen LogP contribution in [0.5, 0.6) is 0 Å². The zero-order chi connectivity index (χ0) is 17.5. The van der Waals surface area contributed by atoms with E-state index in [1.807, 2.05) is 30.3 Å². The monoisotopic (exact) mass is 359 g/mol. The van der Waals surface area contributed by atoms with E-state index in [-0.39, 0.29) is 12.1 Å². The third-order valence-corrected chi connectivity index (χ3v) is 5.48. The lowest BCUT2D eigenvalue weighted by molar-refractivity contribution is 0.104. The summed E-state index contributed by atoms with van der Waals surface area (Å²) in [6.45, 7) is 5.00. The molecule has 0 spiro atoms. The number of nitrogens with zero attached hydrogens (tertiary/aromatic N) is 2. The summed E-state index contributed by atoms with van der Waals surface area (Å²) in [6, 6.07) is 14.1. The predicted octanol–water partition coefficient (Wildman–Crippen LogP) is 2.96. The molecule has 134 valence electrons. The lowest BCUT2D eigenvalue weighted by atomic mass is 10.1. The van der Waals surface area contributed by atoms with Crippen LogP contribution >= 0.6 is 11.3 Å². The van der Waals surface area contributed by atoms with Crippen LogP contribution in [0.1, 0.15) is 16.5 Å². The van der Waals surface area contributed by atoms with Gasteiger partial charge in [-0.25, -0.2) is 4.79 Å².